The maximum atomic E-state index is 2.36. The van der Waals surface area contributed by atoms with Gasteiger partial charge in [0.15, 0.2) is 0 Å². The fourth-order valence-corrected chi connectivity index (χ4v) is 5.61. The van der Waals surface area contributed by atoms with Crippen LogP contribution in [-0.4, -0.2) is 26.7 Å². The van der Waals surface area contributed by atoms with Gasteiger partial charge in [-0.1, -0.05) is 28.0 Å². The van der Waals surface area contributed by atoms with Crippen LogP contribution in [0.5, 0.6) is 0 Å². The van der Waals surface area contributed by atoms with Crippen LogP contribution in [0.25, 0.3) is 10.1 Å². The van der Waals surface area contributed by atoms with Gasteiger partial charge in [0.05, 0.1) is 0 Å². The molecule has 0 saturated carbocycles. The highest BCUT2D eigenvalue weighted by atomic mass is 32.1. The summed E-state index contributed by atoms with van der Waals surface area (Å²) in [5.74, 6) is 0. The van der Waals surface area contributed by atoms with Gasteiger partial charge in [0.25, 0.3) is 0 Å². The van der Waals surface area contributed by atoms with E-state index in [9.17, 15) is 0 Å². The van der Waals surface area contributed by atoms with Gasteiger partial charge in [-0.15, -0.1) is 11.3 Å². The van der Waals surface area contributed by atoms with Crippen molar-refractivity contribution in [2.45, 2.75) is 0 Å². The molecule has 80 valence electrons. The fraction of sp³-hybridized carbons (Fsp3) is 0.333. The van der Waals surface area contributed by atoms with Gasteiger partial charge in [-0.3, -0.25) is 0 Å². The highest BCUT2D eigenvalue weighted by Crippen LogP contribution is 2.36. The van der Waals surface area contributed by atoms with Crippen molar-refractivity contribution in [3.63, 3.8) is 0 Å². The molecule has 2 rings (SSSR count). The molecule has 0 nitrogen and oxygen atoms in total. The van der Waals surface area contributed by atoms with E-state index in [0.29, 0.717) is 0 Å². The molecule has 1 heterocycles. The summed E-state index contributed by atoms with van der Waals surface area (Å²) in [6, 6.07) is 6.77. The van der Waals surface area contributed by atoms with Gasteiger partial charge in [0, 0.05) is 10.1 Å². The van der Waals surface area contributed by atoms with Gasteiger partial charge in [-0.05, 0) is 48.7 Å². The highest BCUT2D eigenvalue weighted by molar-refractivity contribution is 7.67. The summed E-state index contributed by atoms with van der Waals surface area (Å²) in [6.45, 7) is 9.39. The molecule has 0 spiro atoms. The summed E-state index contributed by atoms with van der Waals surface area (Å²) in [7, 11) is 0.0279. The smallest absolute Gasteiger partial charge is 0.0355 e. The number of benzene rings is 1. The summed E-state index contributed by atoms with van der Waals surface area (Å²) in [6.07, 6.45) is 0. The maximum absolute atomic E-state index is 2.36. The Bertz CT molecular complexity index is 471. The summed E-state index contributed by atoms with van der Waals surface area (Å²) in [4.78, 5) is 0. The van der Waals surface area contributed by atoms with Gasteiger partial charge in [-0.25, -0.2) is 0 Å². The predicted molar refractivity (Wildman–Crippen MR) is 78.6 cm³/mol. The monoisotopic (exact) mass is 254 g/mol. The van der Waals surface area contributed by atoms with Crippen LogP contribution in [0.3, 0.4) is 0 Å². The lowest BCUT2D eigenvalue weighted by molar-refractivity contribution is 1.91. The van der Waals surface area contributed by atoms with E-state index in [-0.39, 0.29) is 15.8 Å². The van der Waals surface area contributed by atoms with E-state index in [0.717, 1.165) is 0 Å². The van der Waals surface area contributed by atoms with Crippen LogP contribution in [0.4, 0.5) is 0 Å². The largest absolute Gasteiger partial charge is 0.143 e. The van der Waals surface area contributed by atoms with Crippen molar-refractivity contribution in [2.75, 3.05) is 26.7 Å². The Kier molecular flexibility index (Phi) is 3.45. The van der Waals surface area contributed by atoms with Crippen LogP contribution in [0.1, 0.15) is 0 Å². The number of rotatable bonds is 2. The lowest BCUT2D eigenvalue weighted by Gasteiger charge is -2.11. The van der Waals surface area contributed by atoms with Gasteiger partial charge in [-0.2, -0.15) is 0 Å². The third-order valence-corrected chi connectivity index (χ3v) is 6.30. The third kappa shape index (κ3) is 2.11. The van der Waals surface area contributed by atoms with Gasteiger partial charge >= 0.3 is 0 Å². The second-order valence-corrected chi connectivity index (χ2v) is 9.51. The quantitative estimate of drug-likeness (QED) is 0.718. The van der Waals surface area contributed by atoms with E-state index < -0.39 is 0 Å². The molecule has 2 aromatic rings. The summed E-state index contributed by atoms with van der Waals surface area (Å²) < 4.78 is 1.47. The summed E-state index contributed by atoms with van der Waals surface area (Å²) in [5, 5.41) is 7.10. The second kappa shape index (κ2) is 4.50. The molecule has 0 atom stereocenters. The number of hydrogen-bond acceptors (Lipinski definition) is 1. The van der Waals surface area contributed by atoms with Crippen molar-refractivity contribution < 1.29 is 0 Å². The Balaban J connectivity index is 2.75. The Morgan fingerprint density at radius 3 is 2.20 bits per heavy atom. The molecule has 0 amide bonds. The third-order valence-electron chi connectivity index (χ3n) is 2.52. The molecule has 0 fully saturated rings. The molecule has 3 heteroatoms. The molecule has 0 aliphatic heterocycles. The van der Waals surface area contributed by atoms with Crippen molar-refractivity contribution in [1.29, 1.82) is 0 Å². The Morgan fingerprint density at radius 2 is 1.60 bits per heavy atom. The summed E-state index contributed by atoms with van der Waals surface area (Å²) in [5.41, 5.74) is 0. The standard InChI is InChI=1S/C12H16P2S/c1-13(2)9-6-5-7-11-12(9)10(8-15-11)14(3)4/h5-8H,1-4H3. The zero-order valence-electron chi connectivity index (χ0n) is 9.61. The normalized spacial score (nSPS) is 11.9. The molecule has 0 saturated heterocycles. The van der Waals surface area contributed by atoms with Crippen molar-refractivity contribution in [3.05, 3.63) is 23.6 Å². The molecule has 1 aromatic carbocycles. The lowest BCUT2D eigenvalue weighted by atomic mass is 10.3. The Labute approximate surface area is 98.2 Å². The van der Waals surface area contributed by atoms with Gasteiger partial charge in [0.2, 0.25) is 0 Å². The number of thiophene rings is 1. The van der Waals surface area contributed by atoms with E-state index in [1.807, 2.05) is 11.3 Å². The van der Waals surface area contributed by atoms with Crippen molar-refractivity contribution in [3.8, 4) is 0 Å². The fourth-order valence-electron chi connectivity index (χ4n) is 1.76. The minimum absolute atomic E-state index is 0.00641. The molecule has 1 aromatic heterocycles. The maximum Gasteiger partial charge on any atom is 0.0355 e. The SMILES string of the molecule is CP(C)c1cccc2scc(P(C)C)c12. The van der Waals surface area contributed by atoms with Gasteiger partial charge in [0.1, 0.15) is 0 Å². The molecule has 0 unspecified atom stereocenters. The van der Waals surface area contributed by atoms with Gasteiger partial charge < -0.3 is 0 Å². The summed E-state index contributed by atoms with van der Waals surface area (Å²) >= 11 is 1.90. The minimum atomic E-state index is 0.00641. The topological polar surface area (TPSA) is 0 Å². The predicted octanol–water partition coefficient (Wildman–Crippen LogP) is 3.63. The highest BCUT2D eigenvalue weighted by Gasteiger charge is 2.12. The average molecular weight is 254 g/mol. The molecular weight excluding hydrogens is 238 g/mol. The van der Waals surface area contributed by atoms with Crippen molar-refractivity contribution >= 4 is 47.9 Å². The number of fused-ring (bicyclic) bond motifs is 1. The van der Waals surface area contributed by atoms with Crippen LogP contribution in [-0.2, 0) is 0 Å². The molecule has 0 bridgehead atoms. The molecular formula is C12H16P2S. The van der Waals surface area contributed by atoms with E-state index >= 15 is 0 Å². The Morgan fingerprint density at radius 1 is 0.933 bits per heavy atom. The molecule has 0 aliphatic carbocycles. The zero-order valence-corrected chi connectivity index (χ0v) is 12.2. The van der Waals surface area contributed by atoms with E-state index in [1.165, 1.54) is 4.70 Å². The molecule has 0 radical (unpaired) electrons. The Hall–Kier alpha value is 0.0400. The first kappa shape index (κ1) is 11.5. The zero-order chi connectivity index (χ0) is 11.0. The minimum Gasteiger partial charge on any atom is -0.143 e. The van der Waals surface area contributed by atoms with Crippen molar-refractivity contribution in [2.24, 2.45) is 0 Å². The van der Waals surface area contributed by atoms with E-state index in [4.69, 9.17) is 0 Å². The molecule has 0 N–H and O–H groups in total. The first-order chi connectivity index (χ1) is 7.11. The lowest BCUT2D eigenvalue weighted by Crippen LogP contribution is -2.08. The van der Waals surface area contributed by atoms with Crippen molar-refractivity contribution in [1.82, 2.24) is 0 Å². The van der Waals surface area contributed by atoms with Crippen LogP contribution in [0, 0.1) is 0 Å². The van der Waals surface area contributed by atoms with Crippen LogP contribution < -0.4 is 10.6 Å². The van der Waals surface area contributed by atoms with Crippen LogP contribution in [0.15, 0.2) is 23.6 Å². The van der Waals surface area contributed by atoms with E-state index in [1.54, 1.807) is 16.0 Å². The average Bonchev–Trinajstić information content (AvgIpc) is 2.60. The molecule has 0 aliphatic rings. The first-order valence-electron chi connectivity index (χ1n) is 4.96. The first-order valence-corrected chi connectivity index (χ1v) is 10.3. The number of hydrogen-bond donors (Lipinski definition) is 0. The van der Waals surface area contributed by atoms with Crippen LogP contribution >= 0.6 is 27.2 Å². The van der Waals surface area contributed by atoms with Crippen LogP contribution in [0.2, 0.25) is 0 Å². The second-order valence-electron chi connectivity index (χ2n) is 4.06. The van der Waals surface area contributed by atoms with E-state index in [2.05, 4.69) is 50.2 Å². The molecule has 15 heavy (non-hydrogen) atoms.